The Bertz CT molecular complexity index is 1090. The number of anilines is 1. The zero-order chi connectivity index (χ0) is 19.4. The van der Waals surface area contributed by atoms with E-state index in [1.54, 1.807) is 30.3 Å². The highest BCUT2D eigenvalue weighted by atomic mass is 32.2. The third-order valence-electron chi connectivity index (χ3n) is 3.81. The lowest BCUT2D eigenvalue weighted by Crippen LogP contribution is -2.16. The number of carbonyl (C=O) groups is 2. The smallest absolute Gasteiger partial charge is 0.291 e. The predicted molar refractivity (Wildman–Crippen MR) is 99.0 cm³/mol. The summed E-state index contributed by atoms with van der Waals surface area (Å²) in [5, 5.41) is 2.57. The van der Waals surface area contributed by atoms with Crippen molar-refractivity contribution in [3.05, 3.63) is 83.8 Å². The zero-order valence-electron chi connectivity index (χ0n) is 14.1. The van der Waals surface area contributed by atoms with Gasteiger partial charge in [0.2, 0.25) is 5.91 Å². The molecule has 0 spiro atoms. The quantitative estimate of drug-likeness (QED) is 0.677. The molecule has 3 rings (SSSR count). The average molecular weight is 384 g/mol. The molecule has 3 aromatic rings. The van der Waals surface area contributed by atoms with Gasteiger partial charge in [0.1, 0.15) is 0 Å². The Balaban J connectivity index is 1.81. The largest absolute Gasteiger partial charge is 0.459 e. The van der Waals surface area contributed by atoms with Crippen LogP contribution in [0.5, 0.6) is 0 Å². The summed E-state index contributed by atoms with van der Waals surface area (Å²) < 4.78 is 30.2. The molecule has 3 N–H and O–H groups in total. The first-order chi connectivity index (χ1) is 12.9. The number of benzene rings is 2. The van der Waals surface area contributed by atoms with E-state index in [0.29, 0.717) is 5.69 Å². The summed E-state index contributed by atoms with van der Waals surface area (Å²) in [5.41, 5.74) is 6.03. The molecule has 1 aromatic heterocycles. The van der Waals surface area contributed by atoms with E-state index in [9.17, 15) is 18.0 Å². The molecule has 8 heteroatoms. The Kier molecular flexibility index (Phi) is 5.09. The normalized spacial score (nSPS) is 11.1. The second kappa shape index (κ2) is 7.46. The maximum atomic E-state index is 12.5. The molecule has 0 saturated heterocycles. The Labute approximate surface area is 155 Å². The molecule has 0 bridgehead atoms. The molecule has 1 heterocycles. The van der Waals surface area contributed by atoms with Crippen molar-refractivity contribution in [3.8, 4) is 0 Å². The van der Waals surface area contributed by atoms with Crippen LogP contribution in [0.1, 0.15) is 26.5 Å². The van der Waals surface area contributed by atoms with E-state index in [0.717, 1.165) is 0 Å². The minimum Gasteiger partial charge on any atom is -0.459 e. The van der Waals surface area contributed by atoms with E-state index in [1.807, 2.05) is 0 Å². The van der Waals surface area contributed by atoms with E-state index in [4.69, 9.17) is 10.2 Å². The lowest BCUT2D eigenvalue weighted by atomic mass is 10.2. The number of nitrogens with one attached hydrogen (secondary N) is 1. The standard InChI is InChI=1S/C19H16N2O5S/c20-18(22)13-5-4-6-15(11-13)21-19(23)17-14(9-10-26-17)12-27(24,25)16-7-2-1-3-8-16/h1-11H,12H2,(H2,20,22)(H,21,23). The van der Waals surface area contributed by atoms with Gasteiger partial charge in [-0.05, 0) is 36.4 Å². The highest BCUT2D eigenvalue weighted by Crippen LogP contribution is 2.21. The maximum absolute atomic E-state index is 12.5. The Morgan fingerprint density at radius 2 is 1.74 bits per heavy atom. The molecule has 0 aliphatic rings. The summed E-state index contributed by atoms with van der Waals surface area (Å²) in [6.07, 6.45) is 1.25. The molecule has 2 aromatic carbocycles. The average Bonchev–Trinajstić information content (AvgIpc) is 3.10. The van der Waals surface area contributed by atoms with Crippen molar-refractivity contribution in [3.63, 3.8) is 0 Å². The lowest BCUT2D eigenvalue weighted by Gasteiger charge is -2.07. The summed E-state index contributed by atoms with van der Waals surface area (Å²) in [7, 11) is -3.63. The van der Waals surface area contributed by atoms with E-state index in [1.165, 1.54) is 36.6 Å². The summed E-state index contributed by atoms with van der Waals surface area (Å²) in [4.78, 5) is 23.9. The van der Waals surface area contributed by atoms with Gasteiger partial charge in [-0.15, -0.1) is 0 Å². The molecule has 7 nitrogen and oxygen atoms in total. The fraction of sp³-hybridized carbons (Fsp3) is 0.0526. The third-order valence-corrected chi connectivity index (χ3v) is 5.49. The molecule has 0 aliphatic carbocycles. The van der Waals surface area contributed by atoms with Crippen LogP contribution >= 0.6 is 0 Å². The Morgan fingerprint density at radius 3 is 2.44 bits per heavy atom. The Morgan fingerprint density at radius 1 is 1.00 bits per heavy atom. The van der Waals surface area contributed by atoms with Gasteiger partial charge in [0, 0.05) is 16.8 Å². The molecule has 138 valence electrons. The van der Waals surface area contributed by atoms with Crippen LogP contribution in [0.25, 0.3) is 0 Å². The first-order valence-electron chi connectivity index (χ1n) is 7.92. The number of nitrogens with two attached hydrogens (primary N) is 1. The summed E-state index contributed by atoms with van der Waals surface area (Å²) in [5.74, 6) is -1.74. The van der Waals surface area contributed by atoms with Crippen LogP contribution in [0.15, 0.2) is 76.2 Å². The fourth-order valence-electron chi connectivity index (χ4n) is 2.50. The van der Waals surface area contributed by atoms with Crippen molar-refractivity contribution in [2.24, 2.45) is 5.73 Å². The molecular weight excluding hydrogens is 368 g/mol. The van der Waals surface area contributed by atoms with Crippen molar-refractivity contribution >= 4 is 27.3 Å². The monoisotopic (exact) mass is 384 g/mol. The number of carbonyl (C=O) groups excluding carboxylic acids is 2. The lowest BCUT2D eigenvalue weighted by molar-refractivity contribution is 0.0987. The number of hydrogen-bond donors (Lipinski definition) is 2. The van der Waals surface area contributed by atoms with Crippen molar-refractivity contribution in [2.45, 2.75) is 10.6 Å². The van der Waals surface area contributed by atoms with Gasteiger partial charge < -0.3 is 15.5 Å². The van der Waals surface area contributed by atoms with E-state index >= 15 is 0 Å². The van der Waals surface area contributed by atoms with Crippen molar-refractivity contribution in [2.75, 3.05) is 5.32 Å². The SMILES string of the molecule is NC(=O)c1cccc(NC(=O)c2occc2CS(=O)(=O)c2ccccc2)c1. The van der Waals surface area contributed by atoms with Crippen molar-refractivity contribution in [1.29, 1.82) is 0 Å². The van der Waals surface area contributed by atoms with Crippen LogP contribution in [-0.2, 0) is 15.6 Å². The van der Waals surface area contributed by atoms with E-state index in [-0.39, 0.29) is 27.5 Å². The van der Waals surface area contributed by atoms with Crippen LogP contribution in [-0.4, -0.2) is 20.2 Å². The number of amides is 2. The second-order valence-electron chi connectivity index (χ2n) is 5.75. The fourth-order valence-corrected chi connectivity index (χ4v) is 3.88. The van der Waals surface area contributed by atoms with Gasteiger partial charge >= 0.3 is 0 Å². The molecule has 2 amide bonds. The highest BCUT2D eigenvalue weighted by Gasteiger charge is 2.22. The number of primary amides is 1. The number of hydrogen-bond acceptors (Lipinski definition) is 5. The molecular formula is C19H16N2O5S. The minimum absolute atomic E-state index is 0.112. The van der Waals surface area contributed by atoms with Crippen LogP contribution in [0.2, 0.25) is 0 Å². The summed E-state index contributed by atoms with van der Waals surface area (Å²) in [6, 6.07) is 15.5. The van der Waals surface area contributed by atoms with Gasteiger partial charge in [0.25, 0.3) is 5.91 Å². The molecule has 0 aliphatic heterocycles. The minimum atomic E-state index is -3.63. The zero-order valence-corrected chi connectivity index (χ0v) is 14.9. The first-order valence-corrected chi connectivity index (χ1v) is 9.57. The summed E-state index contributed by atoms with van der Waals surface area (Å²) in [6.45, 7) is 0. The van der Waals surface area contributed by atoms with Gasteiger partial charge in [0.15, 0.2) is 15.6 Å². The first kappa shape index (κ1) is 18.4. The number of sulfone groups is 1. The molecule has 0 radical (unpaired) electrons. The number of rotatable bonds is 6. The van der Waals surface area contributed by atoms with Crippen LogP contribution in [0.3, 0.4) is 0 Å². The van der Waals surface area contributed by atoms with Gasteiger partial charge in [-0.1, -0.05) is 24.3 Å². The number of furan rings is 1. The van der Waals surface area contributed by atoms with Crippen LogP contribution in [0, 0.1) is 0 Å². The van der Waals surface area contributed by atoms with Crippen molar-refractivity contribution < 1.29 is 22.4 Å². The van der Waals surface area contributed by atoms with Gasteiger partial charge in [-0.2, -0.15) is 0 Å². The van der Waals surface area contributed by atoms with Crippen LogP contribution in [0.4, 0.5) is 5.69 Å². The van der Waals surface area contributed by atoms with Crippen molar-refractivity contribution in [1.82, 2.24) is 0 Å². The molecule has 0 atom stereocenters. The van der Waals surface area contributed by atoms with Gasteiger partial charge in [-0.25, -0.2) is 8.42 Å². The van der Waals surface area contributed by atoms with E-state index < -0.39 is 21.7 Å². The third kappa shape index (κ3) is 4.24. The summed E-state index contributed by atoms with van der Waals surface area (Å²) >= 11 is 0. The maximum Gasteiger partial charge on any atom is 0.291 e. The van der Waals surface area contributed by atoms with Gasteiger partial charge in [0.05, 0.1) is 16.9 Å². The molecule has 0 saturated carbocycles. The Hall–Kier alpha value is -3.39. The van der Waals surface area contributed by atoms with Crippen LogP contribution < -0.4 is 11.1 Å². The van der Waals surface area contributed by atoms with Gasteiger partial charge in [-0.3, -0.25) is 9.59 Å². The molecule has 0 unspecified atom stereocenters. The highest BCUT2D eigenvalue weighted by molar-refractivity contribution is 7.90. The topological polar surface area (TPSA) is 119 Å². The predicted octanol–water partition coefficient (Wildman–Crippen LogP) is 2.60. The second-order valence-corrected chi connectivity index (χ2v) is 7.74. The van der Waals surface area contributed by atoms with E-state index in [2.05, 4.69) is 5.32 Å². The molecule has 27 heavy (non-hydrogen) atoms. The molecule has 0 fully saturated rings.